The zero-order valence-electron chi connectivity index (χ0n) is 17.2. The van der Waals surface area contributed by atoms with Crippen LogP contribution in [0.4, 0.5) is 0 Å². The molecule has 0 amide bonds. The van der Waals surface area contributed by atoms with Crippen LogP contribution in [0.5, 0.6) is 11.5 Å². The predicted octanol–water partition coefficient (Wildman–Crippen LogP) is 7.03. The number of aromatic hydroxyl groups is 2. The number of hydrogen-bond acceptors (Lipinski definition) is 3. The summed E-state index contributed by atoms with van der Waals surface area (Å²) in [5.41, 5.74) is 3.25. The van der Waals surface area contributed by atoms with Gasteiger partial charge in [-0.2, -0.15) is 0 Å². The summed E-state index contributed by atoms with van der Waals surface area (Å²) in [4.78, 5) is 4.06. The molecule has 4 heteroatoms. The van der Waals surface area contributed by atoms with Gasteiger partial charge in [-0.05, 0) is 65.6 Å². The SMILES string of the molecule is CC/C=C(/c1ccncc1)c1c(O)cc(C(C)C(C)CCCCCBr)cc1O. The predicted molar refractivity (Wildman–Crippen MR) is 121 cm³/mol. The Kier molecular flexibility index (Phi) is 9.04. The van der Waals surface area contributed by atoms with Gasteiger partial charge < -0.3 is 10.2 Å². The van der Waals surface area contributed by atoms with Crippen molar-refractivity contribution in [3.05, 3.63) is 59.4 Å². The summed E-state index contributed by atoms with van der Waals surface area (Å²) < 4.78 is 0. The van der Waals surface area contributed by atoms with Gasteiger partial charge >= 0.3 is 0 Å². The summed E-state index contributed by atoms with van der Waals surface area (Å²) in [6.07, 6.45) is 11.1. The largest absolute Gasteiger partial charge is 0.507 e. The molecule has 3 nitrogen and oxygen atoms in total. The van der Waals surface area contributed by atoms with Crippen molar-refractivity contribution in [2.45, 2.75) is 58.8 Å². The van der Waals surface area contributed by atoms with Gasteiger partial charge in [-0.1, -0.05) is 62.0 Å². The molecule has 0 saturated carbocycles. The minimum absolute atomic E-state index is 0.129. The monoisotopic (exact) mass is 445 g/mol. The molecule has 2 rings (SSSR count). The quantitative estimate of drug-likeness (QED) is 0.304. The van der Waals surface area contributed by atoms with E-state index < -0.39 is 0 Å². The Morgan fingerprint density at radius 2 is 1.71 bits per heavy atom. The van der Waals surface area contributed by atoms with E-state index >= 15 is 0 Å². The molecular weight excluding hydrogens is 414 g/mol. The van der Waals surface area contributed by atoms with Crippen molar-refractivity contribution in [2.24, 2.45) is 5.92 Å². The first-order valence-corrected chi connectivity index (χ1v) is 11.3. The van der Waals surface area contributed by atoms with Gasteiger partial charge in [0.05, 0.1) is 5.56 Å². The van der Waals surface area contributed by atoms with Crippen LogP contribution >= 0.6 is 15.9 Å². The minimum atomic E-state index is 0.129. The average molecular weight is 446 g/mol. The highest BCUT2D eigenvalue weighted by Gasteiger charge is 2.20. The van der Waals surface area contributed by atoms with Crippen molar-refractivity contribution in [1.29, 1.82) is 0 Å². The Hall–Kier alpha value is -1.81. The number of rotatable bonds is 10. The highest BCUT2D eigenvalue weighted by molar-refractivity contribution is 9.09. The molecule has 2 unspecified atom stereocenters. The van der Waals surface area contributed by atoms with Crippen LogP contribution in [0.25, 0.3) is 5.57 Å². The third-order valence-electron chi connectivity index (χ3n) is 5.46. The standard InChI is InChI=1S/C24H32BrNO2/c1-4-8-21(19-10-13-26-14-11-19)24-22(27)15-20(16-23(24)28)18(3)17(2)9-6-5-7-12-25/h8,10-11,13-18,27-28H,4-7,9,12H2,1-3H3/b21-8-. The highest BCUT2D eigenvalue weighted by atomic mass is 79.9. The minimum Gasteiger partial charge on any atom is -0.507 e. The fourth-order valence-corrected chi connectivity index (χ4v) is 3.98. The maximum atomic E-state index is 10.8. The normalized spacial score (nSPS) is 14.1. The van der Waals surface area contributed by atoms with E-state index in [1.807, 2.05) is 37.3 Å². The topological polar surface area (TPSA) is 53.4 Å². The molecule has 0 fully saturated rings. The summed E-state index contributed by atoms with van der Waals surface area (Å²) in [5.74, 6) is 1.02. The zero-order chi connectivity index (χ0) is 20.5. The second-order valence-electron chi connectivity index (χ2n) is 7.50. The van der Waals surface area contributed by atoms with Crippen molar-refractivity contribution in [1.82, 2.24) is 4.98 Å². The van der Waals surface area contributed by atoms with Crippen molar-refractivity contribution >= 4 is 21.5 Å². The van der Waals surface area contributed by atoms with Crippen LogP contribution in [0.3, 0.4) is 0 Å². The van der Waals surface area contributed by atoms with Crippen LogP contribution in [0, 0.1) is 5.92 Å². The molecule has 1 aromatic heterocycles. The molecule has 0 saturated heterocycles. The lowest BCUT2D eigenvalue weighted by Crippen LogP contribution is -2.07. The first kappa shape index (κ1) is 22.5. The van der Waals surface area contributed by atoms with Crippen molar-refractivity contribution in [2.75, 3.05) is 5.33 Å². The molecule has 2 N–H and O–H groups in total. The Balaban J connectivity index is 2.27. The number of aromatic nitrogens is 1. The van der Waals surface area contributed by atoms with Gasteiger partial charge in [0.2, 0.25) is 0 Å². The van der Waals surface area contributed by atoms with Gasteiger partial charge in [0, 0.05) is 17.7 Å². The van der Waals surface area contributed by atoms with Crippen LogP contribution in [-0.4, -0.2) is 20.5 Å². The molecule has 1 heterocycles. The van der Waals surface area contributed by atoms with Gasteiger partial charge in [-0.25, -0.2) is 0 Å². The summed E-state index contributed by atoms with van der Waals surface area (Å²) in [5, 5.41) is 22.6. The van der Waals surface area contributed by atoms with Crippen LogP contribution < -0.4 is 0 Å². The van der Waals surface area contributed by atoms with Crippen LogP contribution in [0.2, 0.25) is 0 Å². The number of nitrogens with zero attached hydrogens (tertiary/aromatic N) is 1. The zero-order valence-corrected chi connectivity index (χ0v) is 18.7. The van der Waals surface area contributed by atoms with Crippen molar-refractivity contribution < 1.29 is 10.2 Å². The molecule has 0 aliphatic carbocycles. The van der Waals surface area contributed by atoms with E-state index in [0.717, 1.165) is 34.9 Å². The molecule has 2 aromatic rings. The van der Waals surface area contributed by atoms with Gasteiger partial charge in [0.25, 0.3) is 0 Å². The molecule has 2 atom stereocenters. The summed E-state index contributed by atoms with van der Waals surface area (Å²) >= 11 is 3.48. The van der Waals surface area contributed by atoms with Crippen LogP contribution in [0.1, 0.15) is 75.5 Å². The van der Waals surface area contributed by atoms with E-state index in [-0.39, 0.29) is 17.4 Å². The van der Waals surface area contributed by atoms with E-state index in [4.69, 9.17) is 0 Å². The first-order valence-electron chi connectivity index (χ1n) is 10.2. The fraction of sp³-hybridized carbons (Fsp3) is 0.458. The summed E-state index contributed by atoms with van der Waals surface area (Å²) in [7, 11) is 0. The summed E-state index contributed by atoms with van der Waals surface area (Å²) in [6, 6.07) is 7.43. The van der Waals surface area contributed by atoms with Crippen molar-refractivity contribution in [3.8, 4) is 11.5 Å². The Labute approximate surface area is 177 Å². The third-order valence-corrected chi connectivity index (χ3v) is 6.02. The number of benzene rings is 1. The van der Waals surface area contributed by atoms with Crippen molar-refractivity contribution in [3.63, 3.8) is 0 Å². The first-order chi connectivity index (χ1) is 13.5. The second kappa shape index (κ2) is 11.3. The lowest BCUT2D eigenvalue weighted by molar-refractivity contribution is 0.419. The molecule has 152 valence electrons. The van der Waals surface area contributed by atoms with Gasteiger partial charge in [0.1, 0.15) is 11.5 Å². The van der Waals surface area contributed by atoms with Crippen LogP contribution in [0.15, 0.2) is 42.7 Å². The molecule has 0 spiro atoms. The molecule has 0 bridgehead atoms. The molecule has 28 heavy (non-hydrogen) atoms. The highest BCUT2D eigenvalue weighted by Crippen LogP contribution is 2.41. The smallest absolute Gasteiger partial charge is 0.127 e. The van der Waals surface area contributed by atoms with E-state index in [1.54, 1.807) is 12.4 Å². The number of unbranched alkanes of at least 4 members (excludes halogenated alkanes) is 2. The Morgan fingerprint density at radius 1 is 1.07 bits per heavy atom. The molecule has 0 aliphatic heterocycles. The van der Waals surface area contributed by atoms with E-state index in [2.05, 4.69) is 34.8 Å². The second-order valence-corrected chi connectivity index (χ2v) is 8.29. The van der Waals surface area contributed by atoms with E-state index in [9.17, 15) is 10.2 Å². The van der Waals surface area contributed by atoms with Crippen LogP contribution in [-0.2, 0) is 0 Å². The maximum Gasteiger partial charge on any atom is 0.127 e. The number of allylic oxidation sites excluding steroid dienone is 1. The average Bonchev–Trinajstić information content (AvgIpc) is 2.70. The molecule has 1 aromatic carbocycles. The number of pyridine rings is 1. The van der Waals surface area contributed by atoms with Gasteiger partial charge in [0.15, 0.2) is 0 Å². The number of phenolic OH excluding ortho intramolecular Hbond substituents is 2. The maximum absolute atomic E-state index is 10.8. The van der Waals surface area contributed by atoms with E-state index in [0.29, 0.717) is 11.5 Å². The molecule has 0 radical (unpaired) electrons. The number of halogens is 1. The third kappa shape index (κ3) is 5.84. The lowest BCUT2D eigenvalue weighted by atomic mass is 9.84. The fourth-order valence-electron chi connectivity index (χ4n) is 3.59. The summed E-state index contributed by atoms with van der Waals surface area (Å²) in [6.45, 7) is 6.47. The number of hydrogen-bond donors (Lipinski definition) is 2. The molecular formula is C24H32BrNO2. The van der Waals surface area contributed by atoms with Gasteiger partial charge in [-0.15, -0.1) is 0 Å². The van der Waals surface area contributed by atoms with E-state index in [1.165, 1.54) is 19.3 Å². The molecule has 0 aliphatic rings. The number of alkyl halides is 1. The Morgan fingerprint density at radius 3 is 2.29 bits per heavy atom. The number of phenols is 2. The Bertz CT molecular complexity index is 750. The van der Waals surface area contributed by atoms with Gasteiger partial charge in [-0.3, -0.25) is 4.98 Å². The lowest BCUT2D eigenvalue weighted by Gasteiger charge is -2.22.